The van der Waals surface area contributed by atoms with Gasteiger partial charge in [-0.05, 0) is 28.9 Å². The molecule has 0 N–H and O–H groups in total. The highest BCUT2D eigenvalue weighted by Crippen LogP contribution is 2.20. The summed E-state index contributed by atoms with van der Waals surface area (Å²) in [5.74, 6) is -0.0676. The molecule has 0 aromatic carbocycles. The first-order chi connectivity index (χ1) is 8.08. The SMILES string of the molecule is C[C@@H]1CN(C(=O)c2cc(Cl)cnc2Br)CCO1. The topological polar surface area (TPSA) is 42.4 Å². The van der Waals surface area contributed by atoms with Gasteiger partial charge in [0.1, 0.15) is 4.60 Å². The molecule has 1 aliphatic heterocycles. The van der Waals surface area contributed by atoms with Gasteiger partial charge < -0.3 is 9.64 Å². The molecule has 0 unspecified atom stereocenters. The van der Waals surface area contributed by atoms with Crippen molar-refractivity contribution in [3.63, 3.8) is 0 Å². The van der Waals surface area contributed by atoms with Crippen LogP contribution in [0.25, 0.3) is 0 Å². The number of rotatable bonds is 1. The lowest BCUT2D eigenvalue weighted by molar-refractivity contribution is -0.0124. The highest BCUT2D eigenvalue weighted by atomic mass is 79.9. The normalized spacial score (nSPS) is 20.4. The highest BCUT2D eigenvalue weighted by molar-refractivity contribution is 9.10. The molecule has 92 valence electrons. The van der Waals surface area contributed by atoms with E-state index in [1.807, 2.05) is 6.92 Å². The van der Waals surface area contributed by atoms with Crippen LogP contribution in [0.4, 0.5) is 0 Å². The first kappa shape index (κ1) is 12.8. The lowest BCUT2D eigenvalue weighted by atomic mass is 10.2. The number of nitrogens with zero attached hydrogens (tertiary/aromatic N) is 2. The molecule has 17 heavy (non-hydrogen) atoms. The van der Waals surface area contributed by atoms with Gasteiger partial charge in [-0.3, -0.25) is 4.79 Å². The summed E-state index contributed by atoms with van der Waals surface area (Å²) in [6.45, 7) is 3.71. The fraction of sp³-hybridized carbons (Fsp3) is 0.455. The minimum Gasteiger partial charge on any atom is -0.375 e. The Morgan fingerprint density at radius 3 is 3.18 bits per heavy atom. The zero-order valence-corrected chi connectivity index (χ0v) is 11.7. The van der Waals surface area contributed by atoms with E-state index < -0.39 is 0 Å². The first-order valence-electron chi connectivity index (χ1n) is 5.30. The Morgan fingerprint density at radius 1 is 1.71 bits per heavy atom. The van der Waals surface area contributed by atoms with Crippen LogP contribution in [0.5, 0.6) is 0 Å². The van der Waals surface area contributed by atoms with E-state index in [1.54, 1.807) is 11.0 Å². The second-order valence-corrected chi connectivity index (χ2v) is 5.11. The molecule has 1 atom stereocenters. The van der Waals surface area contributed by atoms with E-state index in [0.29, 0.717) is 34.9 Å². The largest absolute Gasteiger partial charge is 0.375 e. The quantitative estimate of drug-likeness (QED) is 0.746. The van der Waals surface area contributed by atoms with Crippen LogP contribution in [0.3, 0.4) is 0 Å². The molecular weight excluding hydrogens is 307 g/mol. The van der Waals surface area contributed by atoms with Gasteiger partial charge in [0.15, 0.2) is 0 Å². The molecule has 1 saturated heterocycles. The van der Waals surface area contributed by atoms with Crippen molar-refractivity contribution < 1.29 is 9.53 Å². The second kappa shape index (κ2) is 5.33. The van der Waals surface area contributed by atoms with Crippen LogP contribution in [0.1, 0.15) is 17.3 Å². The molecule has 0 spiro atoms. The molecule has 6 heteroatoms. The number of morpholine rings is 1. The number of hydrogen-bond donors (Lipinski definition) is 0. The van der Waals surface area contributed by atoms with Crippen LogP contribution < -0.4 is 0 Å². The van der Waals surface area contributed by atoms with Gasteiger partial charge in [-0.2, -0.15) is 0 Å². The Morgan fingerprint density at radius 2 is 2.47 bits per heavy atom. The van der Waals surface area contributed by atoms with Crippen molar-refractivity contribution in [1.29, 1.82) is 0 Å². The van der Waals surface area contributed by atoms with Crippen molar-refractivity contribution in [2.24, 2.45) is 0 Å². The smallest absolute Gasteiger partial charge is 0.256 e. The lowest BCUT2D eigenvalue weighted by Crippen LogP contribution is -2.44. The molecule has 0 radical (unpaired) electrons. The van der Waals surface area contributed by atoms with Crippen LogP contribution in [0, 0.1) is 0 Å². The number of pyridine rings is 1. The van der Waals surface area contributed by atoms with Crippen molar-refractivity contribution in [2.75, 3.05) is 19.7 Å². The van der Waals surface area contributed by atoms with E-state index in [2.05, 4.69) is 20.9 Å². The third-order valence-electron chi connectivity index (χ3n) is 2.56. The number of carbonyl (C=O) groups excluding carboxylic acids is 1. The zero-order valence-electron chi connectivity index (χ0n) is 9.32. The minimum atomic E-state index is -0.0676. The molecule has 4 nitrogen and oxygen atoms in total. The third kappa shape index (κ3) is 2.97. The van der Waals surface area contributed by atoms with Gasteiger partial charge in [-0.1, -0.05) is 11.6 Å². The van der Waals surface area contributed by atoms with E-state index in [0.717, 1.165) is 0 Å². The van der Waals surface area contributed by atoms with Gasteiger partial charge in [0.25, 0.3) is 5.91 Å². The zero-order chi connectivity index (χ0) is 12.4. The maximum absolute atomic E-state index is 12.3. The Labute approximate surface area is 113 Å². The summed E-state index contributed by atoms with van der Waals surface area (Å²) in [6, 6.07) is 1.63. The number of carbonyl (C=O) groups is 1. The van der Waals surface area contributed by atoms with Gasteiger partial charge in [0.2, 0.25) is 0 Å². The molecule has 2 heterocycles. The summed E-state index contributed by atoms with van der Waals surface area (Å²) < 4.78 is 5.92. The van der Waals surface area contributed by atoms with Crippen molar-refractivity contribution in [3.8, 4) is 0 Å². The molecular formula is C11H12BrClN2O2. The second-order valence-electron chi connectivity index (χ2n) is 3.92. The van der Waals surface area contributed by atoms with Gasteiger partial charge in [0, 0.05) is 19.3 Å². The molecule has 1 aromatic rings. The average Bonchev–Trinajstić information content (AvgIpc) is 2.31. The van der Waals surface area contributed by atoms with Crippen LogP contribution in [-0.2, 0) is 4.74 Å². The molecule has 0 saturated carbocycles. The van der Waals surface area contributed by atoms with E-state index in [1.165, 1.54) is 6.20 Å². The Bertz CT molecular complexity index is 441. The lowest BCUT2D eigenvalue weighted by Gasteiger charge is -2.31. The summed E-state index contributed by atoms with van der Waals surface area (Å²) in [5.41, 5.74) is 0.492. The molecule has 1 aliphatic rings. The van der Waals surface area contributed by atoms with Crippen LogP contribution in [-0.4, -0.2) is 41.6 Å². The summed E-state index contributed by atoms with van der Waals surface area (Å²) in [7, 11) is 0. The maximum atomic E-state index is 12.3. The molecule has 1 fully saturated rings. The summed E-state index contributed by atoms with van der Waals surface area (Å²) >= 11 is 9.11. The number of hydrogen-bond acceptors (Lipinski definition) is 3. The predicted molar refractivity (Wildman–Crippen MR) is 68.3 cm³/mol. The molecule has 0 aliphatic carbocycles. The van der Waals surface area contributed by atoms with E-state index >= 15 is 0 Å². The molecule has 1 aromatic heterocycles. The summed E-state index contributed by atoms with van der Waals surface area (Å²) in [5, 5.41) is 0.456. The van der Waals surface area contributed by atoms with Crippen molar-refractivity contribution in [3.05, 3.63) is 27.5 Å². The first-order valence-corrected chi connectivity index (χ1v) is 6.47. The summed E-state index contributed by atoms with van der Waals surface area (Å²) in [6.07, 6.45) is 1.57. The Balaban J connectivity index is 2.21. The number of amides is 1. The van der Waals surface area contributed by atoms with Crippen LogP contribution in [0.2, 0.25) is 5.02 Å². The third-order valence-corrected chi connectivity index (χ3v) is 3.40. The highest BCUT2D eigenvalue weighted by Gasteiger charge is 2.24. The fourth-order valence-corrected chi connectivity index (χ4v) is 2.29. The Hall–Kier alpha value is -0.650. The standard InChI is InChI=1S/C11H12BrClN2O2/c1-7-6-15(2-3-17-7)11(16)9-4-8(13)5-14-10(9)12/h4-5,7H,2-3,6H2,1H3/t7-/m1/s1. The Kier molecular flexibility index (Phi) is 4.01. The van der Waals surface area contributed by atoms with Crippen molar-refractivity contribution in [2.45, 2.75) is 13.0 Å². The number of aromatic nitrogens is 1. The van der Waals surface area contributed by atoms with Gasteiger partial charge in [0.05, 0.1) is 23.3 Å². The summed E-state index contributed by atoms with van der Waals surface area (Å²) in [4.78, 5) is 18.0. The molecule has 0 bridgehead atoms. The van der Waals surface area contributed by atoms with Crippen molar-refractivity contribution >= 4 is 33.4 Å². The monoisotopic (exact) mass is 318 g/mol. The van der Waals surface area contributed by atoms with E-state index in [9.17, 15) is 4.79 Å². The average molecular weight is 320 g/mol. The van der Waals surface area contributed by atoms with Gasteiger partial charge in [-0.15, -0.1) is 0 Å². The van der Waals surface area contributed by atoms with Crippen molar-refractivity contribution in [1.82, 2.24) is 9.88 Å². The van der Waals surface area contributed by atoms with Crippen LogP contribution >= 0.6 is 27.5 Å². The molecule has 1 amide bonds. The molecule has 2 rings (SSSR count). The van der Waals surface area contributed by atoms with Crippen LogP contribution in [0.15, 0.2) is 16.9 Å². The van der Waals surface area contributed by atoms with E-state index in [4.69, 9.17) is 16.3 Å². The number of ether oxygens (including phenoxy) is 1. The van der Waals surface area contributed by atoms with Gasteiger partial charge >= 0.3 is 0 Å². The maximum Gasteiger partial charge on any atom is 0.256 e. The minimum absolute atomic E-state index is 0.0676. The van der Waals surface area contributed by atoms with Gasteiger partial charge in [-0.25, -0.2) is 4.98 Å². The predicted octanol–water partition coefficient (Wildman–Crippen LogP) is 2.36. The fourth-order valence-electron chi connectivity index (χ4n) is 1.75. The van der Waals surface area contributed by atoms with E-state index in [-0.39, 0.29) is 12.0 Å². The number of halogens is 2.